The molecule has 104 valence electrons. The van der Waals surface area contributed by atoms with Crippen LogP contribution in [0.25, 0.3) is 0 Å². The third-order valence-corrected chi connectivity index (χ3v) is 3.62. The summed E-state index contributed by atoms with van der Waals surface area (Å²) in [6.07, 6.45) is 0. The normalized spacial score (nSPS) is 16.7. The summed E-state index contributed by atoms with van der Waals surface area (Å²) < 4.78 is 10.7. The summed E-state index contributed by atoms with van der Waals surface area (Å²) in [6, 6.07) is 3.80. The van der Waals surface area contributed by atoms with Crippen LogP contribution in [0.1, 0.15) is 56.1 Å². The van der Waals surface area contributed by atoms with Crippen LogP contribution in [0.3, 0.4) is 0 Å². The first-order valence-corrected chi connectivity index (χ1v) is 6.57. The second-order valence-corrected chi connectivity index (χ2v) is 6.81. The fourth-order valence-corrected chi connectivity index (χ4v) is 2.41. The second-order valence-electron chi connectivity index (χ2n) is 6.81. The number of benzene rings is 1. The molecule has 0 bridgehead atoms. The van der Waals surface area contributed by atoms with Crippen molar-refractivity contribution in [2.75, 3.05) is 13.7 Å². The van der Waals surface area contributed by atoms with Crippen LogP contribution in [0, 0.1) is 0 Å². The van der Waals surface area contributed by atoms with Crippen LogP contribution in [-0.4, -0.2) is 19.7 Å². The molecule has 3 heteroatoms. The first-order valence-electron chi connectivity index (χ1n) is 6.57. The molecule has 0 atom stereocenters. The summed E-state index contributed by atoms with van der Waals surface area (Å²) in [4.78, 5) is 11.8. The van der Waals surface area contributed by atoms with Gasteiger partial charge in [0.15, 0.2) is 0 Å². The fraction of sp³-hybridized carbons (Fsp3) is 0.562. The van der Waals surface area contributed by atoms with Crippen LogP contribution in [0.4, 0.5) is 0 Å². The van der Waals surface area contributed by atoms with E-state index in [4.69, 9.17) is 9.47 Å². The van der Waals surface area contributed by atoms with E-state index < -0.39 is 0 Å². The number of ether oxygens (including phenoxy) is 2. The van der Waals surface area contributed by atoms with Crippen LogP contribution in [0.5, 0.6) is 5.75 Å². The monoisotopic (exact) mass is 262 g/mol. The standard InChI is InChI=1S/C16H22O3/c1-15(2,3)11-7-10(14(17)18-6)8-12-13(11)19-9-16(12,4)5/h7-8H,9H2,1-6H3. The highest BCUT2D eigenvalue weighted by Crippen LogP contribution is 2.45. The zero-order chi connectivity index (χ0) is 14.4. The van der Waals surface area contributed by atoms with Gasteiger partial charge in [0.1, 0.15) is 5.75 Å². The molecule has 0 fully saturated rings. The highest BCUT2D eigenvalue weighted by atomic mass is 16.5. The average Bonchev–Trinajstić information content (AvgIpc) is 2.62. The van der Waals surface area contributed by atoms with Crippen molar-refractivity contribution in [3.8, 4) is 5.75 Å². The van der Waals surface area contributed by atoms with Gasteiger partial charge in [0.05, 0.1) is 19.3 Å². The van der Waals surface area contributed by atoms with Gasteiger partial charge in [-0.1, -0.05) is 34.6 Å². The van der Waals surface area contributed by atoms with Crippen molar-refractivity contribution in [3.63, 3.8) is 0 Å². The molecule has 0 amide bonds. The number of hydrogen-bond acceptors (Lipinski definition) is 3. The maximum atomic E-state index is 11.8. The van der Waals surface area contributed by atoms with Crippen molar-refractivity contribution in [2.24, 2.45) is 0 Å². The minimum atomic E-state index is -0.295. The first-order chi connectivity index (χ1) is 8.66. The van der Waals surface area contributed by atoms with E-state index in [0.29, 0.717) is 12.2 Å². The first kappa shape index (κ1) is 13.9. The summed E-state index contributed by atoms with van der Waals surface area (Å²) in [5.74, 6) is 0.640. The van der Waals surface area contributed by atoms with Crippen LogP contribution < -0.4 is 4.74 Å². The number of esters is 1. The van der Waals surface area contributed by atoms with Gasteiger partial charge < -0.3 is 9.47 Å². The number of carbonyl (C=O) groups is 1. The molecule has 2 rings (SSSR count). The van der Waals surface area contributed by atoms with E-state index in [-0.39, 0.29) is 16.8 Å². The summed E-state index contributed by atoms with van der Waals surface area (Å²) in [6.45, 7) is 11.3. The summed E-state index contributed by atoms with van der Waals surface area (Å²) >= 11 is 0. The molecule has 1 aliphatic heterocycles. The Morgan fingerprint density at radius 2 is 1.95 bits per heavy atom. The molecule has 1 aliphatic rings. The van der Waals surface area contributed by atoms with Crippen LogP contribution in [0.15, 0.2) is 12.1 Å². The third-order valence-electron chi connectivity index (χ3n) is 3.62. The lowest BCUT2D eigenvalue weighted by molar-refractivity contribution is 0.0600. The molecule has 0 unspecified atom stereocenters. The Balaban J connectivity index is 2.69. The van der Waals surface area contributed by atoms with E-state index in [0.717, 1.165) is 16.9 Å². The number of carbonyl (C=O) groups excluding carboxylic acids is 1. The van der Waals surface area contributed by atoms with Crippen molar-refractivity contribution in [3.05, 3.63) is 28.8 Å². The molecule has 3 nitrogen and oxygen atoms in total. The van der Waals surface area contributed by atoms with Crippen molar-refractivity contribution in [2.45, 2.75) is 45.4 Å². The van der Waals surface area contributed by atoms with Crippen LogP contribution in [0.2, 0.25) is 0 Å². The molecule has 1 aromatic carbocycles. The van der Waals surface area contributed by atoms with Gasteiger partial charge in [0.25, 0.3) is 0 Å². The minimum Gasteiger partial charge on any atom is -0.492 e. The highest BCUT2D eigenvalue weighted by Gasteiger charge is 2.36. The molecule has 1 aromatic rings. The largest absolute Gasteiger partial charge is 0.492 e. The molecule has 0 radical (unpaired) electrons. The zero-order valence-electron chi connectivity index (χ0n) is 12.6. The van der Waals surface area contributed by atoms with Gasteiger partial charge in [-0.3, -0.25) is 0 Å². The Labute approximate surface area is 114 Å². The number of methoxy groups -OCH3 is 1. The molecule has 0 N–H and O–H groups in total. The lowest BCUT2D eigenvalue weighted by Crippen LogP contribution is -2.19. The predicted octanol–water partition coefficient (Wildman–Crippen LogP) is 3.44. The lowest BCUT2D eigenvalue weighted by atomic mass is 9.79. The summed E-state index contributed by atoms with van der Waals surface area (Å²) in [5.41, 5.74) is 2.62. The van der Waals surface area contributed by atoms with Crippen molar-refractivity contribution < 1.29 is 14.3 Å². The van der Waals surface area contributed by atoms with Gasteiger partial charge in [-0.25, -0.2) is 4.79 Å². The van der Waals surface area contributed by atoms with Crippen molar-refractivity contribution in [1.82, 2.24) is 0 Å². The van der Waals surface area contributed by atoms with E-state index in [1.54, 1.807) is 0 Å². The van der Waals surface area contributed by atoms with Gasteiger partial charge in [0, 0.05) is 16.5 Å². The molecular weight excluding hydrogens is 240 g/mol. The molecule has 0 aromatic heterocycles. The fourth-order valence-electron chi connectivity index (χ4n) is 2.41. The van der Waals surface area contributed by atoms with E-state index in [9.17, 15) is 4.79 Å². The zero-order valence-corrected chi connectivity index (χ0v) is 12.6. The second kappa shape index (κ2) is 4.26. The van der Waals surface area contributed by atoms with E-state index in [1.807, 2.05) is 12.1 Å². The Morgan fingerprint density at radius 3 is 2.47 bits per heavy atom. The predicted molar refractivity (Wildman–Crippen MR) is 75.0 cm³/mol. The Kier molecular flexibility index (Phi) is 3.12. The van der Waals surface area contributed by atoms with Crippen molar-refractivity contribution >= 4 is 5.97 Å². The van der Waals surface area contributed by atoms with E-state index in [1.165, 1.54) is 7.11 Å². The maximum Gasteiger partial charge on any atom is 0.337 e. The quantitative estimate of drug-likeness (QED) is 0.727. The summed E-state index contributed by atoms with van der Waals surface area (Å²) in [7, 11) is 1.41. The van der Waals surface area contributed by atoms with Gasteiger partial charge in [-0.05, 0) is 17.5 Å². The SMILES string of the molecule is COC(=O)c1cc(C(C)(C)C)c2c(c1)C(C)(C)CO2. The highest BCUT2D eigenvalue weighted by molar-refractivity contribution is 5.90. The molecular formula is C16H22O3. The maximum absolute atomic E-state index is 11.8. The Hall–Kier alpha value is -1.51. The summed E-state index contributed by atoms with van der Waals surface area (Å²) in [5, 5.41) is 0. The van der Waals surface area contributed by atoms with E-state index >= 15 is 0 Å². The number of rotatable bonds is 1. The molecule has 1 heterocycles. The molecule has 0 saturated carbocycles. The van der Waals surface area contributed by atoms with E-state index in [2.05, 4.69) is 34.6 Å². The minimum absolute atomic E-state index is 0.0701. The van der Waals surface area contributed by atoms with Gasteiger partial charge in [-0.15, -0.1) is 0 Å². The van der Waals surface area contributed by atoms with Crippen molar-refractivity contribution in [1.29, 1.82) is 0 Å². The number of fused-ring (bicyclic) bond motifs is 1. The number of hydrogen-bond donors (Lipinski definition) is 0. The third kappa shape index (κ3) is 2.34. The van der Waals surface area contributed by atoms with Crippen LogP contribution >= 0.6 is 0 Å². The smallest absolute Gasteiger partial charge is 0.337 e. The molecule has 19 heavy (non-hydrogen) atoms. The van der Waals surface area contributed by atoms with Crippen LogP contribution in [-0.2, 0) is 15.6 Å². The molecule has 0 aliphatic carbocycles. The Bertz CT molecular complexity index is 522. The van der Waals surface area contributed by atoms with Gasteiger partial charge in [-0.2, -0.15) is 0 Å². The van der Waals surface area contributed by atoms with Gasteiger partial charge >= 0.3 is 5.97 Å². The topological polar surface area (TPSA) is 35.5 Å². The molecule has 0 saturated heterocycles. The lowest BCUT2D eigenvalue weighted by Gasteiger charge is -2.23. The average molecular weight is 262 g/mol. The van der Waals surface area contributed by atoms with Gasteiger partial charge in [0.2, 0.25) is 0 Å². The Morgan fingerprint density at radius 1 is 1.32 bits per heavy atom. The molecule has 0 spiro atoms.